The highest BCUT2D eigenvalue weighted by molar-refractivity contribution is 7.13. The van der Waals surface area contributed by atoms with Gasteiger partial charge in [0, 0.05) is 22.7 Å². The summed E-state index contributed by atoms with van der Waals surface area (Å²) in [5.41, 5.74) is 1.59. The third-order valence-electron chi connectivity index (χ3n) is 3.38. The minimum Gasteiger partial charge on any atom is -0.497 e. The maximum atomic E-state index is 13.1. The van der Waals surface area contributed by atoms with E-state index in [1.807, 2.05) is 24.3 Å². The topological polar surface area (TPSA) is 51.2 Å². The number of carbonyl (C=O) groups excluding carboxylic acids is 1. The van der Waals surface area contributed by atoms with E-state index in [0.29, 0.717) is 5.69 Å². The fourth-order valence-electron chi connectivity index (χ4n) is 2.25. The lowest BCUT2D eigenvalue weighted by Gasteiger charge is -2.04. The number of aromatic nitrogens is 1. The van der Waals surface area contributed by atoms with Crippen LogP contribution in [0.15, 0.2) is 47.8 Å². The van der Waals surface area contributed by atoms with Gasteiger partial charge in [-0.05, 0) is 36.4 Å². The van der Waals surface area contributed by atoms with E-state index < -0.39 is 17.5 Å². The van der Waals surface area contributed by atoms with Crippen molar-refractivity contribution < 1.29 is 18.3 Å². The largest absolute Gasteiger partial charge is 0.497 e. The van der Waals surface area contributed by atoms with Crippen molar-refractivity contribution in [1.82, 2.24) is 4.98 Å². The molecular formula is C18H14F2N2O2S. The van der Waals surface area contributed by atoms with Crippen LogP contribution in [0.2, 0.25) is 0 Å². The van der Waals surface area contributed by atoms with Gasteiger partial charge in [0.05, 0.1) is 19.2 Å². The fraction of sp³-hybridized carbons (Fsp3) is 0.111. The third-order valence-corrected chi connectivity index (χ3v) is 4.32. The summed E-state index contributed by atoms with van der Waals surface area (Å²) in [5.74, 6) is -1.13. The van der Waals surface area contributed by atoms with E-state index in [2.05, 4.69) is 10.3 Å². The summed E-state index contributed by atoms with van der Waals surface area (Å²) in [6.45, 7) is 0. The number of thiazole rings is 1. The smallest absolute Gasteiger partial charge is 0.230 e. The minimum absolute atomic E-state index is 0.0186. The lowest BCUT2D eigenvalue weighted by Crippen LogP contribution is -2.14. The van der Waals surface area contributed by atoms with E-state index in [0.717, 1.165) is 34.5 Å². The number of methoxy groups -OCH3 is 1. The summed E-state index contributed by atoms with van der Waals surface area (Å²) in [7, 11) is 1.60. The standard InChI is InChI=1S/C18H14F2N2O2S/c1-24-16-4-2-11(3-5-16)18-22-15(10-25-18)9-17(23)21-14-7-12(19)6-13(20)8-14/h2-8,10H,9H2,1H3,(H,21,23). The van der Waals surface area contributed by atoms with Crippen molar-refractivity contribution in [2.24, 2.45) is 0 Å². The lowest BCUT2D eigenvalue weighted by atomic mass is 10.2. The van der Waals surface area contributed by atoms with Gasteiger partial charge in [0.2, 0.25) is 5.91 Å². The summed E-state index contributed by atoms with van der Waals surface area (Å²) >= 11 is 1.42. The van der Waals surface area contributed by atoms with Crippen LogP contribution in [0.3, 0.4) is 0 Å². The van der Waals surface area contributed by atoms with Crippen LogP contribution in [0.4, 0.5) is 14.5 Å². The predicted octanol–water partition coefficient (Wildman–Crippen LogP) is 4.28. The molecular weight excluding hydrogens is 346 g/mol. The van der Waals surface area contributed by atoms with Gasteiger partial charge in [-0.25, -0.2) is 13.8 Å². The Labute approximate surface area is 147 Å². The zero-order chi connectivity index (χ0) is 17.8. The van der Waals surface area contributed by atoms with Crippen LogP contribution in [-0.2, 0) is 11.2 Å². The Kier molecular flexibility index (Phi) is 5.04. The van der Waals surface area contributed by atoms with Gasteiger partial charge in [-0.2, -0.15) is 0 Å². The van der Waals surface area contributed by atoms with E-state index in [9.17, 15) is 13.6 Å². The highest BCUT2D eigenvalue weighted by atomic mass is 32.1. The molecule has 3 aromatic rings. The van der Waals surface area contributed by atoms with Gasteiger partial charge in [0.15, 0.2) is 0 Å². The number of nitrogens with zero attached hydrogens (tertiary/aromatic N) is 1. The Bertz CT molecular complexity index is 874. The molecule has 1 heterocycles. The maximum absolute atomic E-state index is 13.1. The van der Waals surface area contributed by atoms with Crippen LogP contribution in [-0.4, -0.2) is 18.0 Å². The molecule has 3 rings (SSSR count). The number of benzene rings is 2. The van der Waals surface area contributed by atoms with Crippen LogP contribution in [0.5, 0.6) is 5.75 Å². The number of hydrogen-bond acceptors (Lipinski definition) is 4. The Morgan fingerprint density at radius 2 is 1.84 bits per heavy atom. The lowest BCUT2D eigenvalue weighted by molar-refractivity contribution is -0.115. The van der Waals surface area contributed by atoms with E-state index in [1.165, 1.54) is 11.3 Å². The van der Waals surface area contributed by atoms with Crippen LogP contribution in [0, 0.1) is 11.6 Å². The molecule has 4 nitrogen and oxygen atoms in total. The molecule has 1 amide bonds. The molecule has 0 aliphatic heterocycles. The van der Waals surface area contributed by atoms with E-state index in [1.54, 1.807) is 12.5 Å². The first-order valence-electron chi connectivity index (χ1n) is 7.38. The molecule has 0 bridgehead atoms. The molecule has 1 N–H and O–H groups in total. The number of rotatable bonds is 5. The molecule has 0 aliphatic carbocycles. The van der Waals surface area contributed by atoms with Crippen molar-refractivity contribution in [3.05, 3.63) is 65.2 Å². The molecule has 0 saturated carbocycles. The first-order chi connectivity index (χ1) is 12.0. The van der Waals surface area contributed by atoms with Gasteiger partial charge in [0.1, 0.15) is 22.4 Å². The van der Waals surface area contributed by atoms with Crippen LogP contribution >= 0.6 is 11.3 Å². The van der Waals surface area contributed by atoms with E-state index in [4.69, 9.17) is 4.74 Å². The van der Waals surface area contributed by atoms with Crippen LogP contribution < -0.4 is 10.1 Å². The second-order valence-electron chi connectivity index (χ2n) is 5.26. The normalized spacial score (nSPS) is 10.5. The molecule has 2 aromatic carbocycles. The Morgan fingerprint density at radius 1 is 1.16 bits per heavy atom. The van der Waals surface area contributed by atoms with Crippen molar-refractivity contribution in [3.8, 4) is 16.3 Å². The number of ether oxygens (including phenoxy) is 1. The third kappa shape index (κ3) is 4.39. The molecule has 1 aromatic heterocycles. The molecule has 0 aliphatic rings. The molecule has 25 heavy (non-hydrogen) atoms. The summed E-state index contributed by atoms with van der Waals surface area (Å²) in [6, 6.07) is 10.3. The fourth-order valence-corrected chi connectivity index (χ4v) is 3.08. The highest BCUT2D eigenvalue weighted by Crippen LogP contribution is 2.26. The summed E-state index contributed by atoms with van der Waals surface area (Å²) in [4.78, 5) is 16.4. The summed E-state index contributed by atoms with van der Waals surface area (Å²) < 4.78 is 31.4. The van der Waals surface area contributed by atoms with Gasteiger partial charge in [-0.3, -0.25) is 4.79 Å². The Hall–Kier alpha value is -2.80. The second-order valence-corrected chi connectivity index (χ2v) is 6.11. The van der Waals surface area contributed by atoms with Gasteiger partial charge in [0.25, 0.3) is 0 Å². The molecule has 128 valence electrons. The Balaban J connectivity index is 1.66. The average molecular weight is 360 g/mol. The molecule has 0 atom stereocenters. The number of anilines is 1. The van der Waals surface area contributed by atoms with Crippen molar-refractivity contribution in [2.75, 3.05) is 12.4 Å². The molecule has 7 heteroatoms. The van der Waals surface area contributed by atoms with Gasteiger partial charge >= 0.3 is 0 Å². The number of hydrogen-bond donors (Lipinski definition) is 1. The van der Waals surface area contributed by atoms with Crippen molar-refractivity contribution in [1.29, 1.82) is 0 Å². The first kappa shape index (κ1) is 17.0. The van der Waals surface area contributed by atoms with E-state index >= 15 is 0 Å². The van der Waals surface area contributed by atoms with Crippen molar-refractivity contribution in [2.45, 2.75) is 6.42 Å². The van der Waals surface area contributed by atoms with Gasteiger partial charge in [-0.15, -0.1) is 11.3 Å². The summed E-state index contributed by atoms with van der Waals surface area (Å²) in [6.07, 6.45) is 0.0186. The number of amides is 1. The molecule has 0 spiro atoms. The SMILES string of the molecule is COc1ccc(-c2nc(CC(=O)Nc3cc(F)cc(F)c3)cs2)cc1. The molecule has 0 fully saturated rings. The monoisotopic (exact) mass is 360 g/mol. The molecule has 0 unspecified atom stereocenters. The van der Waals surface area contributed by atoms with Crippen LogP contribution in [0.25, 0.3) is 10.6 Å². The highest BCUT2D eigenvalue weighted by Gasteiger charge is 2.10. The number of carbonyl (C=O) groups is 1. The maximum Gasteiger partial charge on any atom is 0.230 e. The molecule has 0 saturated heterocycles. The number of nitrogens with one attached hydrogen (secondary N) is 1. The predicted molar refractivity (Wildman–Crippen MR) is 92.8 cm³/mol. The van der Waals surface area contributed by atoms with Gasteiger partial charge < -0.3 is 10.1 Å². The average Bonchev–Trinajstić information content (AvgIpc) is 3.02. The van der Waals surface area contributed by atoms with Crippen molar-refractivity contribution in [3.63, 3.8) is 0 Å². The van der Waals surface area contributed by atoms with Crippen molar-refractivity contribution >= 4 is 22.9 Å². The van der Waals surface area contributed by atoms with E-state index in [-0.39, 0.29) is 12.1 Å². The second kappa shape index (κ2) is 7.40. The summed E-state index contributed by atoms with van der Waals surface area (Å²) in [5, 5.41) is 5.03. The zero-order valence-corrected chi connectivity index (χ0v) is 14.1. The molecule has 0 radical (unpaired) electrons. The first-order valence-corrected chi connectivity index (χ1v) is 8.26. The zero-order valence-electron chi connectivity index (χ0n) is 13.3. The quantitative estimate of drug-likeness (QED) is 0.739. The van der Waals surface area contributed by atoms with Gasteiger partial charge in [-0.1, -0.05) is 0 Å². The number of halogens is 2. The minimum atomic E-state index is -0.745. The van der Waals surface area contributed by atoms with Crippen LogP contribution in [0.1, 0.15) is 5.69 Å². The Morgan fingerprint density at radius 3 is 2.48 bits per heavy atom.